The van der Waals surface area contributed by atoms with E-state index in [0.717, 1.165) is 4.31 Å². The van der Waals surface area contributed by atoms with Gasteiger partial charge in [-0.2, -0.15) is 12.7 Å². The zero-order valence-corrected chi connectivity index (χ0v) is 7.83. The van der Waals surface area contributed by atoms with Gasteiger partial charge in [0.05, 0.1) is 6.42 Å². The summed E-state index contributed by atoms with van der Waals surface area (Å²) in [6.07, 6.45) is 1.08. The lowest BCUT2D eigenvalue weighted by Gasteiger charge is -2.19. The third-order valence-electron chi connectivity index (χ3n) is 2.06. The first-order valence-electron chi connectivity index (χ1n) is 3.92. The minimum atomic E-state index is -3.73. The first-order valence-corrected chi connectivity index (χ1v) is 5.43. The maximum Gasteiger partial charge on any atom is 0.304 e. The molecule has 1 heterocycles. The lowest BCUT2D eigenvalue weighted by Crippen LogP contribution is -2.41. The molecule has 1 aliphatic heterocycles. The Labute approximate surface area is 76.5 Å². The van der Waals surface area contributed by atoms with E-state index in [9.17, 15) is 13.2 Å². The molecule has 1 rings (SSSR count). The molecule has 0 aromatic heterocycles. The average Bonchev–Trinajstić information content (AvgIpc) is 2.31. The van der Waals surface area contributed by atoms with Crippen molar-refractivity contribution in [1.29, 1.82) is 0 Å². The highest BCUT2D eigenvalue weighted by Crippen LogP contribution is 2.21. The summed E-state index contributed by atoms with van der Waals surface area (Å²) in [5, 5.41) is 13.4. The van der Waals surface area contributed by atoms with Gasteiger partial charge in [-0.3, -0.25) is 4.79 Å². The van der Waals surface area contributed by atoms with Crippen LogP contribution in [0.25, 0.3) is 0 Å². The number of nitrogens with two attached hydrogens (primary N) is 1. The Morgan fingerprint density at radius 2 is 2.23 bits per heavy atom. The largest absolute Gasteiger partial charge is 0.481 e. The predicted molar refractivity (Wildman–Crippen MR) is 45.1 cm³/mol. The monoisotopic (exact) mass is 208 g/mol. The van der Waals surface area contributed by atoms with E-state index in [-0.39, 0.29) is 6.42 Å². The minimum Gasteiger partial charge on any atom is -0.481 e. The lowest BCUT2D eigenvalue weighted by molar-refractivity contribution is -0.137. The second-order valence-corrected chi connectivity index (χ2v) is 4.55. The first-order chi connectivity index (χ1) is 5.91. The molecule has 0 aromatic rings. The van der Waals surface area contributed by atoms with Crippen LogP contribution in [-0.4, -0.2) is 36.4 Å². The molecule has 0 saturated carbocycles. The van der Waals surface area contributed by atoms with E-state index < -0.39 is 22.2 Å². The number of rotatable bonds is 3. The van der Waals surface area contributed by atoms with Gasteiger partial charge >= 0.3 is 5.97 Å². The fourth-order valence-electron chi connectivity index (χ4n) is 1.55. The van der Waals surface area contributed by atoms with Gasteiger partial charge in [-0.05, 0) is 12.8 Å². The summed E-state index contributed by atoms with van der Waals surface area (Å²) in [4.78, 5) is 10.4. The van der Waals surface area contributed by atoms with E-state index in [1.807, 2.05) is 0 Å². The summed E-state index contributed by atoms with van der Waals surface area (Å²) < 4.78 is 22.9. The van der Waals surface area contributed by atoms with Crippen LogP contribution in [0, 0.1) is 0 Å². The molecule has 0 aromatic carbocycles. The van der Waals surface area contributed by atoms with Gasteiger partial charge in [-0.1, -0.05) is 0 Å². The van der Waals surface area contributed by atoms with E-state index in [2.05, 4.69) is 0 Å². The van der Waals surface area contributed by atoms with Crippen LogP contribution in [0.4, 0.5) is 0 Å². The molecule has 0 amide bonds. The molecule has 6 nitrogen and oxygen atoms in total. The number of carbonyl (C=O) groups is 1. The summed E-state index contributed by atoms with van der Waals surface area (Å²) in [6.45, 7) is 0.330. The molecule has 0 aliphatic carbocycles. The molecule has 1 aliphatic rings. The average molecular weight is 208 g/mol. The number of carboxylic acids is 1. The summed E-state index contributed by atoms with van der Waals surface area (Å²) in [5.74, 6) is -0.999. The highest BCUT2D eigenvalue weighted by Gasteiger charge is 2.33. The highest BCUT2D eigenvalue weighted by molar-refractivity contribution is 7.86. The van der Waals surface area contributed by atoms with Crippen LogP contribution < -0.4 is 5.14 Å². The second kappa shape index (κ2) is 3.60. The standard InChI is InChI=1S/C6H12N2O4S/c7-13(11,12)8-3-1-2-5(8)4-6(9)10/h5H,1-4H2,(H,9,10)(H2,7,11,12). The minimum absolute atomic E-state index is 0.170. The molecule has 76 valence electrons. The van der Waals surface area contributed by atoms with E-state index >= 15 is 0 Å². The third-order valence-corrected chi connectivity index (χ3v) is 3.19. The van der Waals surface area contributed by atoms with Gasteiger partial charge in [-0.15, -0.1) is 0 Å². The normalized spacial score (nSPS) is 24.8. The lowest BCUT2D eigenvalue weighted by atomic mass is 10.2. The van der Waals surface area contributed by atoms with Crippen molar-refractivity contribution >= 4 is 16.2 Å². The van der Waals surface area contributed by atoms with Crippen LogP contribution in [0.2, 0.25) is 0 Å². The Kier molecular flexibility index (Phi) is 2.89. The van der Waals surface area contributed by atoms with Crippen molar-refractivity contribution in [3.05, 3.63) is 0 Å². The van der Waals surface area contributed by atoms with Gasteiger partial charge in [0, 0.05) is 12.6 Å². The van der Waals surface area contributed by atoms with Crippen molar-refractivity contribution < 1.29 is 18.3 Å². The molecule has 0 bridgehead atoms. The van der Waals surface area contributed by atoms with Gasteiger partial charge in [-0.25, -0.2) is 5.14 Å². The van der Waals surface area contributed by atoms with Crippen molar-refractivity contribution in [2.75, 3.05) is 6.54 Å². The Bertz CT molecular complexity index is 300. The summed E-state index contributed by atoms with van der Waals surface area (Å²) in [5.41, 5.74) is 0. The topological polar surface area (TPSA) is 101 Å². The van der Waals surface area contributed by atoms with Gasteiger partial charge in [0.25, 0.3) is 10.2 Å². The summed E-state index contributed by atoms with van der Waals surface area (Å²) >= 11 is 0. The molecule has 1 saturated heterocycles. The van der Waals surface area contributed by atoms with E-state index in [4.69, 9.17) is 10.2 Å². The fourth-order valence-corrected chi connectivity index (χ4v) is 2.53. The van der Waals surface area contributed by atoms with Crippen LogP contribution >= 0.6 is 0 Å². The van der Waals surface area contributed by atoms with Crippen molar-refractivity contribution in [3.63, 3.8) is 0 Å². The van der Waals surface area contributed by atoms with Gasteiger partial charge in [0.2, 0.25) is 0 Å². The van der Waals surface area contributed by atoms with E-state index in [0.29, 0.717) is 19.4 Å². The molecule has 13 heavy (non-hydrogen) atoms. The van der Waals surface area contributed by atoms with E-state index in [1.54, 1.807) is 0 Å². The van der Waals surface area contributed by atoms with Crippen LogP contribution in [-0.2, 0) is 15.0 Å². The first kappa shape index (κ1) is 10.4. The molecule has 7 heteroatoms. The van der Waals surface area contributed by atoms with Crippen LogP contribution in [0.3, 0.4) is 0 Å². The fraction of sp³-hybridized carbons (Fsp3) is 0.833. The molecule has 1 unspecified atom stereocenters. The number of hydrogen-bond donors (Lipinski definition) is 2. The highest BCUT2D eigenvalue weighted by atomic mass is 32.2. The zero-order chi connectivity index (χ0) is 10.1. The maximum atomic E-state index is 10.9. The van der Waals surface area contributed by atoms with Gasteiger partial charge in [0.1, 0.15) is 0 Å². The number of carboxylic acid groups (broad SMARTS) is 1. The van der Waals surface area contributed by atoms with Crippen molar-refractivity contribution in [2.24, 2.45) is 5.14 Å². The van der Waals surface area contributed by atoms with Crippen LogP contribution in [0.15, 0.2) is 0 Å². The Morgan fingerprint density at radius 1 is 1.62 bits per heavy atom. The Balaban J connectivity index is 2.70. The summed E-state index contributed by atoms with van der Waals surface area (Å²) in [6, 6.07) is -0.465. The molecular weight excluding hydrogens is 196 g/mol. The third kappa shape index (κ3) is 2.64. The molecule has 0 spiro atoms. The number of nitrogens with zero attached hydrogens (tertiary/aromatic N) is 1. The molecule has 0 radical (unpaired) electrons. The van der Waals surface area contributed by atoms with Crippen molar-refractivity contribution in [2.45, 2.75) is 25.3 Å². The Morgan fingerprint density at radius 3 is 2.69 bits per heavy atom. The molecular formula is C6H12N2O4S. The van der Waals surface area contributed by atoms with Crippen molar-refractivity contribution in [3.8, 4) is 0 Å². The van der Waals surface area contributed by atoms with Gasteiger partial charge < -0.3 is 5.11 Å². The summed E-state index contributed by atoms with van der Waals surface area (Å²) in [7, 11) is -3.73. The molecule has 1 atom stereocenters. The van der Waals surface area contributed by atoms with Crippen molar-refractivity contribution in [1.82, 2.24) is 4.31 Å². The van der Waals surface area contributed by atoms with E-state index in [1.165, 1.54) is 0 Å². The molecule has 1 fully saturated rings. The van der Waals surface area contributed by atoms with Crippen LogP contribution in [0.1, 0.15) is 19.3 Å². The van der Waals surface area contributed by atoms with Gasteiger partial charge in [0.15, 0.2) is 0 Å². The smallest absolute Gasteiger partial charge is 0.304 e. The molecule has 3 N–H and O–H groups in total. The van der Waals surface area contributed by atoms with Crippen LogP contribution in [0.5, 0.6) is 0 Å². The maximum absolute atomic E-state index is 10.9. The predicted octanol–water partition coefficient (Wildman–Crippen LogP) is -0.871. The number of aliphatic carboxylic acids is 1. The Hall–Kier alpha value is -0.660. The SMILES string of the molecule is NS(=O)(=O)N1CCCC1CC(=O)O. The zero-order valence-electron chi connectivity index (χ0n) is 7.01. The second-order valence-electron chi connectivity index (χ2n) is 3.05. The quantitative estimate of drug-likeness (QED) is 0.629. The number of hydrogen-bond acceptors (Lipinski definition) is 3.